The van der Waals surface area contributed by atoms with Crippen molar-refractivity contribution in [1.29, 1.82) is 0 Å². The molecule has 0 bridgehead atoms. The maximum atomic E-state index is 11.4. The van der Waals surface area contributed by atoms with E-state index in [0.717, 1.165) is 13.8 Å². The van der Waals surface area contributed by atoms with Crippen LogP contribution in [0.1, 0.15) is 13.8 Å². The van der Waals surface area contributed by atoms with Crippen molar-refractivity contribution in [2.24, 2.45) is 5.73 Å². The van der Waals surface area contributed by atoms with Gasteiger partial charge in [0.25, 0.3) is 5.91 Å². The molecule has 0 radical (unpaired) electrons. The second-order valence-electron chi connectivity index (χ2n) is 9.47. The number of rotatable bonds is 11. The molecule has 2 rings (SSSR count). The van der Waals surface area contributed by atoms with Gasteiger partial charge >= 0.3 is 0 Å². The molecule has 0 aliphatic carbocycles. The van der Waals surface area contributed by atoms with Gasteiger partial charge in [-0.15, -0.1) is 0 Å². The zero-order valence-corrected chi connectivity index (χ0v) is 20.1. The minimum atomic E-state index is -2.67. The van der Waals surface area contributed by atoms with Crippen LogP contribution in [0.25, 0.3) is 0 Å². The van der Waals surface area contributed by atoms with Gasteiger partial charge in [-0.3, -0.25) is 4.79 Å². The summed E-state index contributed by atoms with van der Waals surface area (Å²) in [5, 5.41) is 110. The van der Waals surface area contributed by atoms with Crippen molar-refractivity contribution in [2.75, 3.05) is 19.8 Å². The predicted octanol–water partition coefficient (Wildman–Crippen LogP) is -7.66. The van der Waals surface area contributed by atoms with Gasteiger partial charge in [0.15, 0.2) is 18.2 Å². The molecule has 37 heavy (non-hydrogen) atoms. The molecule has 0 aromatic carbocycles. The molecule has 13 N–H and O–H groups in total. The quantitative estimate of drug-likeness (QED) is 0.114. The Bertz CT molecular complexity index is 752. The largest absolute Gasteiger partial charge is 0.394 e. The summed E-state index contributed by atoms with van der Waals surface area (Å²) in [6.45, 7) is -0.571. The molecular formula is C20H37NO16. The van der Waals surface area contributed by atoms with Crippen LogP contribution in [-0.2, 0) is 23.7 Å². The van der Waals surface area contributed by atoms with Gasteiger partial charge in [0.2, 0.25) is 0 Å². The Kier molecular flexibility index (Phi) is 10.7. The number of amides is 1. The van der Waals surface area contributed by atoms with Gasteiger partial charge in [0, 0.05) is 0 Å². The third-order valence-corrected chi connectivity index (χ3v) is 6.78. The highest BCUT2D eigenvalue weighted by Crippen LogP contribution is 2.29. The van der Waals surface area contributed by atoms with E-state index in [1.165, 1.54) is 0 Å². The SMILES string of the molecule is C[C@](O)(C(N)=O)[C@@](C)(O)[C@H](O)[C@H](O)CO[C@H]1O[C@H](CO[C@H]2O[C@H](CO)[C@@H](O)[C@H](O)[C@H]2O)[C@@H](O)[C@H](O)[C@H]1O. The summed E-state index contributed by atoms with van der Waals surface area (Å²) < 4.78 is 21.0. The number of primary amides is 1. The third kappa shape index (κ3) is 6.55. The minimum absolute atomic E-state index is 0.630. The summed E-state index contributed by atoms with van der Waals surface area (Å²) in [5.41, 5.74) is -0.298. The molecule has 17 heteroatoms. The maximum absolute atomic E-state index is 11.4. The third-order valence-electron chi connectivity index (χ3n) is 6.78. The fourth-order valence-corrected chi connectivity index (χ4v) is 3.78. The summed E-state index contributed by atoms with van der Waals surface area (Å²) in [7, 11) is 0. The molecule has 2 heterocycles. The second-order valence-corrected chi connectivity index (χ2v) is 9.47. The van der Waals surface area contributed by atoms with Gasteiger partial charge in [-0.1, -0.05) is 0 Å². The van der Waals surface area contributed by atoms with Gasteiger partial charge in [-0.25, -0.2) is 0 Å². The van der Waals surface area contributed by atoms with Crippen LogP contribution in [0.4, 0.5) is 0 Å². The predicted molar refractivity (Wildman–Crippen MR) is 115 cm³/mol. The summed E-state index contributed by atoms with van der Waals surface area (Å²) in [6.07, 6.45) is -20.9. The monoisotopic (exact) mass is 547 g/mol. The summed E-state index contributed by atoms with van der Waals surface area (Å²) in [5.74, 6) is -1.39. The number of carbonyl (C=O) groups excluding carboxylic acids is 1. The van der Waals surface area contributed by atoms with E-state index in [2.05, 4.69) is 0 Å². The van der Waals surface area contributed by atoms with E-state index in [1.54, 1.807) is 0 Å². The van der Waals surface area contributed by atoms with E-state index in [-0.39, 0.29) is 0 Å². The Morgan fingerprint density at radius 1 is 0.838 bits per heavy atom. The average molecular weight is 548 g/mol. The lowest BCUT2D eigenvalue weighted by molar-refractivity contribution is -0.333. The van der Waals surface area contributed by atoms with E-state index < -0.39 is 111 Å². The molecule has 218 valence electrons. The van der Waals surface area contributed by atoms with Crippen molar-refractivity contribution >= 4 is 5.91 Å². The van der Waals surface area contributed by atoms with Gasteiger partial charge < -0.3 is 80.9 Å². The Balaban J connectivity index is 2.02. The molecule has 2 aliphatic rings. The van der Waals surface area contributed by atoms with E-state index in [4.69, 9.17) is 24.7 Å². The van der Waals surface area contributed by atoms with Gasteiger partial charge in [0.05, 0.1) is 19.8 Å². The minimum Gasteiger partial charge on any atom is -0.394 e. The van der Waals surface area contributed by atoms with Crippen LogP contribution >= 0.6 is 0 Å². The van der Waals surface area contributed by atoms with Crippen LogP contribution in [0.5, 0.6) is 0 Å². The first kappa shape index (κ1) is 32.1. The van der Waals surface area contributed by atoms with Gasteiger partial charge in [0.1, 0.15) is 66.6 Å². The van der Waals surface area contributed by atoms with Crippen molar-refractivity contribution in [3.05, 3.63) is 0 Å². The van der Waals surface area contributed by atoms with Crippen molar-refractivity contribution in [2.45, 2.75) is 98.7 Å². The Morgan fingerprint density at radius 3 is 1.78 bits per heavy atom. The van der Waals surface area contributed by atoms with Crippen molar-refractivity contribution in [1.82, 2.24) is 0 Å². The highest BCUT2D eigenvalue weighted by molar-refractivity contribution is 5.84. The normalized spacial score (nSPS) is 41.9. The van der Waals surface area contributed by atoms with E-state index in [1.807, 2.05) is 0 Å². The molecule has 17 nitrogen and oxygen atoms in total. The molecule has 0 saturated carbocycles. The van der Waals surface area contributed by atoms with Crippen LogP contribution in [0.2, 0.25) is 0 Å². The highest BCUT2D eigenvalue weighted by atomic mass is 16.7. The first-order valence-corrected chi connectivity index (χ1v) is 11.3. The molecule has 1 amide bonds. The van der Waals surface area contributed by atoms with E-state index in [0.29, 0.717) is 0 Å². The Morgan fingerprint density at radius 2 is 1.30 bits per heavy atom. The number of carbonyl (C=O) groups is 1. The van der Waals surface area contributed by atoms with Gasteiger partial charge in [-0.2, -0.15) is 0 Å². The molecular weight excluding hydrogens is 510 g/mol. The zero-order chi connectivity index (χ0) is 28.5. The standard InChI is InChI=1S/C20H37NO16/c1-19(32,20(2,33)18(21)31)15(30)6(23)4-34-16-14(29)12(27)10(25)8(37-16)5-35-17-13(28)11(26)9(24)7(3-22)36-17/h6-17,22-30,32-33H,3-5H2,1-2H3,(H2,21,31)/t6-,7-,8-,9-,10-,11+,12+,13-,14-,15-,16+,17+,19+,20+/m1/s1. The lowest BCUT2D eigenvalue weighted by Crippen LogP contribution is -2.66. The lowest BCUT2D eigenvalue weighted by atomic mass is 9.79. The van der Waals surface area contributed by atoms with E-state index in [9.17, 15) is 61.0 Å². The number of ether oxygens (including phenoxy) is 4. The van der Waals surface area contributed by atoms with Crippen LogP contribution in [0, 0.1) is 0 Å². The van der Waals surface area contributed by atoms with Crippen LogP contribution in [0.15, 0.2) is 0 Å². The molecule has 2 fully saturated rings. The first-order valence-electron chi connectivity index (χ1n) is 11.3. The topological polar surface area (TPSA) is 303 Å². The van der Waals surface area contributed by atoms with E-state index >= 15 is 0 Å². The number of hydrogen-bond donors (Lipinski definition) is 12. The molecule has 0 spiro atoms. The smallest absolute Gasteiger partial charge is 0.252 e. The molecule has 0 aromatic heterocycles. The average Bonchev–Trinajstić information content (AvgIpc) is 2.84. The highest BCUT2D eigenvalue weighted by Gasteiger charge is 2.54. The molecule has 0 unspecified atom stereocenters. The van der Waals surface area contributed by atoms with Crippen LogP contribution in [0.3, 0.4) is 0 Å². The Hall–Kier alpha value is -1.13. The van der Waals surface area contributed by atoms with Gasteiger partial charge in [-0.05, 0) is 13.8 Å². The number of hydrogen-bond acceptors (Lipinski definition) is 16. The number of aliphatic hydroxyl groups excluding tert-OH is 9. The molecule has 14 atom stereocenters. The maximum Gasteiger partial charge on any atom is 0.252 e. The zero-order valence-electron chi connectivity index (χ0n) is 20.1. The van der Waals surface area contributed by atoms with Crippen LogP contribution in [-0.4, -0.2) is 167 Å². The molecule has 0 aromatic rings. The molecule has 2 saturated heterocycles. The lowest BCUT2D eigenvalue weighted by Gasteiger charge is -2.43. The fourth-order valence-electron chi connectivity index (χ4n) is 3.78. The van der Waals surface area contributed by atoms with Crippen molar-refractivity contribution in [3.8, 4) is 0 Å². The number of nitrogens with two attached hydrogens (primary N) is 1. The molecule has 2 aliphatic heterocycles. The Labute approximate surface area is 210 Å². The first-order chi connectivity index (χ1) is 17.0. The number of aliphatic hydroxyl groups is 11. The van der Waals surface area contributed by atoms with Crippen molar-refractivity contribution < 1.29 is 79.9 Å². The summed E-state index contributed by atoms with van der Waals surface area (Å²) in [4.78, 5) is 11.4. The summed E-state index contributed by atoms with van der Waals surface area (Å²) >= 11 is 0. The summed E-state index contributed by atoms with van der Waals surface area (Å²) in [6, 6.07) is 0. The second kappa shape index (κ2) is 12.4. The van der Waals surface area contributed by atoms with Crippen LogP contribution < -0.4 is 5.73 Å². The fraction of sp³-hybridized carbons (Fsp3) is 0.950. The van der Waals surface area contributed by atoms with Crippen molar-refractivity contribution in [3.63, 3.8) is 0 Å².